The van der Waals surface area contributed by atoms with Gasteiger partial charge in [-0.25, -0.2) is 13.1 Å². The minimum Gasteiger partial charge on any atom is -0.300 e. The van der Waals surface area contributed by atoms with Crippen molar-refractivity contribution in [2.75, 3.05) is 13.1 Å². The minimum atomic E-state index is -3.47. The number of hydrogen-bond donors (Lipinski definition) is 1. The zero-order chi connectivity index (χ0) is 15.6. The van der Waals surface area contributed by atoms with Gasteiger partial charge in [0.2, 0.25) is 10.0 Å². The van der Waals surface area contributed by atoms with Crippen molar-refractivity contribution in [2.24, 2.45) is 0 Å². The molecule has 1 saturated carbocycles. The Hall–Kier alpha value is -0.620. The summed E-state index contributed by atoms with van der Waals surface area (Å²) >= 11 is 5.89. The van der Waals surface area contributed by atoms with E-state index in [1.54, 1.807) is 18.2 Å². The third-order valence-corrected chi connectivity index (χ3v) is 6.55. The third kappa shape index (κ3) is 3.82. The molecular weight excluding hydrogens is 320 g/mol. The molecule has 0 unspecified atom stereocenters. The van der Waals surface area contributed by atoms with Gasteiger partial charge in [0.05, 0.1) is 4.90 Å². The largest absolute Gasteiger partial charge is 0.300 e. The van der Waals surface area contributed by atoms with Gasteiger partial charge in [0.15, 0.2) is 0 Å². The molecule has 2 aliphatic rings. The summed E-state index contributed by atoms with van der Waals surface area (Å²) < 4.78 is 27.7. The summed E-state index contributed by atoms with van der Waals surface area (Å²) in [5.74, 6) is 0. The Morgan fingerprint density at radius 1 is 1.09 bits per heavy atom. The third-order valence-electron chi connectivity index (χ3n) is 4.80. The molecule has 0 spiro atoms. The summed E-state index contributed by atoms with van der Waals surface area (Å²) in [5.41, 5.74) is 0. The quantitative estimate of drug-likeness (QED) is 0.915. The first-order valence-corrected chi connectivity index (χ1v) is 9.93. The van der Waals surface area contributed by atoms with Crippen LogP contribution in [0.15, 0.2) is 29.2 Å². The molecule has 0 amide bonds. The van der Waals surface area contributed by atoms with Crippen LogP contribution in [-0.2, 0) is 10.0 Å². The number of halogens is 1. The number of hydrogen-bond acceptors (Lipinski definition) is 3. The molecule has 1 aromatic rings. The van der Waals surface area contributed by atoms with Gasteiger partial charge < -0.3 is 4.90 Å². The van der Waals surface area contributed by atoms with Crippen molar-refractivity contribution in [3.05, 3.63) is 29.3 Å². The summed E-state index contributed by atoms with van der Waals surface area (Å²) in [4.78, 5) is 2.79. The summed E-state index contributed by atoms with van der Waals surface area (Å²) in [6, 6.07) is 7.19. The van der Waals surface area contributed by atoms with Gasteiger partial charge in [-0.3, -0.25) is 0 Å². The summed E-state index contributed by atoms with van der Waals surface area (Å²) in [7, 11) is -3.47. The molecule has 1 saturated heterocycles. The van der Waals surface area contributed by atoms with E-state index in [-0.39, 0.29) is 10.9 Å². The molecule has 122 valence electrons. The van der Waals surface area contributed by atoms with Crippen molar-refractivity contribution in [3.8, 4) is 0 Å². The van der Waals surface area contributed by atoms with Crippen LogP contribution in [0.25, 0.3) is 0 Å². The molecule has 0 bridgehead atoms. The fourth-order valence-corrected chi connectivity index (χ4v) is 5.18. The average molecular weight is 343 g/mol. The molecule has 3 rings (SSSR count). The van der Waals surface area contributed by atoms with E-state index in [9.17, 15) is 8.42 Å². The Morgan fingerprint density at radius 3 is 2.41 bits per heavy atom. The summed E-state index contributed by atoms with van der Waals surface area (Å²) in [6.45, 7) is 1.99. The molecule has 0 aromatic heterocycles. The van der Waals surface area contributed by atoms with Gasteiger partial charge >= 0.3 is 0 Å². The van der Waals surface area contributed by atoms with E-state index < -0.39 is 10.0 Å². The van der Waals surface area contributed by atoms with Crippen molar-refractivity contribution < 1.29 is 8.42 Å². The zero-order valence-electron chi connectivity index (χ0n) is 12.7. The van der Waals surface area contributed by atoms with Gasteiger partial charge in [-0.15, -0.1) is 0 Å². The van der Waals surface area contributed by atoms with Crippen LogP contribution >= 0.6 is 11.6 Å². The molecule has 6 heteroatoms. The topological polar surface area (TPSA) is 49.4 Å². The van der Waals surface area contributed by atoms with Crippen molar-refractivity contribution >= 4 is 21.6 Å². The van der Waals surface area contributed by atoms with Gasteiger partial charge in [0.25, 0.3) is 0 Å². The van der Waals surface area contributed by atoms with Crippen molar-refractivity contribution in [1.82, 2.24) is 9.62 Å². The van der Waals surface area contributed by atoms with Crippen LogP contribution < -0.4 is 4.72 Å². The molecule has 0 atom stereocenters. The molecule has 1 aliphatic carbocycles. The smallest absolute Gasteiger partial charge is 0.240 e. The van der Waals surface area contributed by atoms with E-state index in [1.807, 2.05) is 0 Å². The molecule has 1 N–H and O–H groups in total. The van der Waals surface area contributed by atoms with Gasteiger partial charge in [0, 0.05) is 17.1 Å². The second-order valence-electron chi connectivity index (χ2n) is 6.33. The molecule has 22 heavy (non-hydrogen) atoms. The fourth-order valence-electron chi connectivity index (χ4n) is 3.57. The van der Waals surface area contributed by atoms with E-state index in [1.165, 1.54) is 31.7 Å². The highest BCUT2D eigenvalue weighted by molar-refractivity contribution is 7.89. The lowest BCUT2D eigenvalue weighted by atomic mass is 10.0. The van der Waals surface area contributed by atoms with Crippen LogP contribution in [-0.4, -0.2) is 38.5 Å². The number of likely N-dealkylation sites (tertiary alicyclic amines) is 1. The second-order valence-corrected chi connectivity index (χ2v) is 8.48. The maximum atomic E-state index is 12.4. The van der Waals surface area contributed by atoms with E-state index in [2.05, 4.69) is 9.62 Å². The van der Waals surface area contributed by atoms with Crippen molar-refractivity contribution in [3.63, 3.8) is 0 Å². The van der Waals surface area contributed by atoms with Crippen LogP contribution in [0, 0.1) is 0 Å². The fraction of sp³-hybridized carbons (Fsp3) is 0.625. The number of nitrogens with zero attached hydrogens (tertiary/aromatic N) is 1. The van der Waals surface area contributed by atoms with Gasteiger partial charge in [-0.1, -0.05) is 30.5 Å². The lowest BCUT2D eigenvalue weighted by molar-refractivity contribution is 0.151. The minimum absolute atomic E-state index is 0.0293. The van der Waals surface area contributed by atoms with Crippen LogP contribution in [0.3, 0.4) is 0 Å². The van der Waals surface area contributed by atoms with Gasteiger partial charge in [0.1, 0.15) is 0 Å². The standard InChI is InChI=1S/C16H23ClN2O2S/c17-13-4-3-7-16(12-13)22(20,21)18-14-8-10-19(11-9-14)15-5-1-2-6-15/h3-4,7,12,14-15,18H,1-2,5-6,8-11H2. The molecule has 1 aromatic carbocycles. The van der Waals surface area contributed by atoms with E-state index in [4.69, 9.17) is 11.6 Å². The highest BCUT2D eigenvalue weighted by Gasteiger charge is 2.29. The summed E-state index contributed by atoms with van der Waals surface area (Å²) in [6.07, 6.45) is 7.06. The Balaban J connectivity index is 1.58. The molecular formula is C16H23ClN2O2S. The first-order chi connectivity index (χ1) is 10.5. The van der Waals surface area contributed by atoms with E-state index in [0.29, 0.717) is 5.02 Å². The first kappa shape index (κ1) is 16.2. The van der Waals surface area contributed by atoms with Crippen LogP contribution in [0.1, 0.15) is 38.5 Å². The van der Waals surface area contributed by atoms with Crippen LogP contribution in [0.2, 0.25) is 5.02 Å². The molecule has 0 radical (unpaired) electrons. The number of benzene rings is 1. The molecule has 1 aliphatic heterocycles. The molecule has 2 fully saturated rings. The van der Waals surface area contributed by atoms with E-state index in [0.717, 1.165) is 32.0 Å². The Bertz CT molecular complexity index is 606. The number of piperidine rings is 1. The Morgan fingerprint density at radius 2 is 1.77 bits per heavy atom. The maximum Gasteiger partial charge on any atom is 0.240 e. The SMILES string of the molecule is O=S(=O)(NC1CCN(C2CCCC2)CC1)c1cccc(Cl)c1. The Kier molecular flexibility index (Phi) is 5.07. The van der Waals surface area contributed by atoms with Crippen LogP contribution in [0.5, 0.6) is 0 Å². The van der Waals surface area contributed by atoms with Crippen molar-refractivity contribution in [1.29, 1.82) is 0 Å². The predicted octanol–water partition coefficient (Wildman–Crippen LogP) is 3.03. The monoisotopic (exact) mass is 342 g/mol. The second kappa shape index (κ2) is 6.87. The Labute approximate surface area is 137 Å². The molecule has 4 nitrogen and oxygen atoms in total. The lowest BCUT2D eigenvalue weighted by Crippen LogP contribution is -2.47. The first-order valence-electron chi connectivity index (χ1n) is 8.06. The van der Waals surface area contributed by atoms with Crippen LogP contribution in [0.4, 0.5) is 0 Å². The molecule has 1 heterocycles. The number of sulfonamides is 1. The van der Waals surface area contributed by atoms with Gasteiger partial charge in [-0.05, 0) is 57.0 Å². The summed E-state index contributed by atoms with van der Waals surface area (Å²) in [5, 5.41) is 0.443. The zero-order valence-corrected chi connectivity index (χ0v) is 14.2. The van der Waals surface area contributed by atoms with E-state index >= 15 is 0 Å². The lowest BCUT2D eigenvalue weighted by Gasteiger charge is -2.36. The van der Waals surface area contributed by atoms with Crippen molar-refractivity contribution in [2.45, 2.75) is 55.5 Å². The highest BCUT2D eigenvalue weighted by Crippen LogP contribution is 2.26. The highest BCUT2D eigenvalue weighted by atomic mass is 35.5. The average Bonchev–Trinajstić information content (AvgIpc) is 3.02. The maximum absolute atomic E-state index is 12.4. The number of rotatable bonds is 4. The predicted molar refractivity (Wildman–Crippen MR) is 88.6 cm³/mol. The normalized spacial score (nSPS) is 22.2. The number of nitrogens with one attached hydrogen (secondary N) is 1. The van der Waals surface area contributed by atoms with Gasteiger partial charge in [-0.2, -0.15) is 0 Å².